The first-order chi connectivity index (χ1) is 9.05. The number of hydrogen-bond donors (Lipinski definition) is 1. The fourth-order valence-electron chi connectivity index (χ4n) is 2.07. The number of para-hydroxylation sites is 1. The lowest BCUT2D eigenvalue weighted by Gasteiger charge is -2.22. The van der Waals surface area contributed by atoms with Gasteiger partial charge in [0.25, 0.3) is 0 Å². The van der Waals surface area contributed by atoms with E-state index in [0.29, 0.717) is 0 Å². The van der Waals surface area contributed by atoms with Crippen LogP contribution < -0.4 is 10.1 Å². The van der Waals surface area contributed by atoms with Crippen LogP contribution in [0.1, 0.15) is 52.5 Å². The third kappa shape index (κ3) is 6.11. The van der Waals surface area contributed by atoms with Crippen molar-refractivity contribution in [2.24, 2.45) is 0 Å². The zero-order valence-electron chi connectivity index (χ0n) is 13.0. The number of benzene rings is 1. The fourth-order valence-corrected chi connectivity index (χ4v) is 2.07. The molecule has 19 heavy (non-hydrogen) atoms. The molecule has 1 aromatic rings. The summed E-state index contributed by atoms with van der Waals surface area (Å²) in [5.41, 5.74) is 1.41. The summed E-state index contributed by atoms with van der Waals surface area (Å²) in [6.07, 6.45) is 3.84. The van der Waals surface area contributed by atoms with Gasteiger partial charge in [-0.1, -0.05) is 58.7 Å². The highest BCUT2D eigenvalue weighted by atomic mass is 16.5. The Morgan fingerprint density at radius 2 is 1.79 bits per heavy atom. The van der Waals surface area contributed by atoms with E-state index < -0.39 is 0 Å². The van der Waals surface area contributed by atoms with Gasteiger partial charge in [-0.05, 0) is 30.0 Å². The summed E-state index contributed by atoms with van der Waals surface area (Å²) < 4.78 is 5.91. The minimum absolute atomic E-state index is 0.130. The number of unbranched alkanes of at least 4 members (excludes halogenated alkanes) is 2. The number of ether oxygens (including phenoxy) is 1. The molecular weight excluding hydrogens is 234 g/mol. The molecule has 0 aliphatic carbocycles. The van der Waals surface area contributed by atoms with Crippen LogP contribution in [0.2, 0.25) is 0 Å². The van der Waals surface area contributed by atoms with Crippen molar-refractivity contribution >= 4 is 0 Å². The van der Waals surface area contributed by atoms with Crippen molar-refractivity contribution in [2.45, 2.75) is 52.4 Å². The molecule has 0 bridgehead atoms. The second kappa shape index (κ2) is 8.21. The summed E-state index contributed by atoms with van der Waals surface area (Å²) in [6, 6.07) is 8.34. The SMILES string of the molecule is CCCCCNCCOc1ccccc1C(C)(C)C. The lowest BCUT2D eigenvalue weighted by atomic mass is 9.86. The molecule has 0 aliphatic rings. The third-order valence-corrected chi connectivity index (χ3v) is 3.19. The maximum absolute atomic E-state index is 5.91. The summed E-state index contributed by atoms with van der Waals surface area (Å²) in [4.78, 5) is 0. The van der Waals surface area contributed by atoms with Gasteiger partial charge in [-0.3, -0.25) is 0 Å². The van der Waals surface area contributed by atoms with Gasteiger partial charge < -0.3 is 10.1 Å². The molecule has 2 nitrogen and oxygen atoms in total. The molecule has 0 saturated heterocycles. The Labute approximate surface area is 118 Å². The fraction of sp³-hybridized carbons (Fsp3) is 0.647. The Hall–Kier alpha value is -1.02. The first-order valence-corrected chi connectivity index (χ1v) is 7.48. The molecule has 0 aliphatic heterocycles. The predicted octanol–water partition coefficient (Wildman–Crippen LogP) is 4.14. The Bertz CT molecular complexity index is 355. The van der Waals surface area contributed by atoms with E-state index in [9.17, 15) is 0 Å². The Balaban J connectivity index is 2.33. The second-order valence-corrected chi connectivity index (χ2v) is 6.05. The molecule has 0 fully saturated rings. The molecule has 0 radical (unpaired) electrons. The molecule has 0 amide bonds. The normalized spacial score (nSPS) is 11.6. The van der Waals surface area contributed by atoms with Crippen LogP contribution in [0.5, 0.6) is 5.75 Å². The van der Waals surface area contributed by atoms with Gasteiger partial charge in [0.1, 0.15) is 12.4 Å². The van der Waals surface area contributed by atoms with Crippen molar-refractivity contribution in [1.29, 1.82) is 0 Å². The maximum Gasteiger partial charge on any atom is 0.123 e. The molecule has 108 valence electrons. The van der Waals surface area contributed by atoms with Crippen LogP contribution in [0, 0.1) is 0 Å². The van der Waals surface area contributed by atoms with Crippen molar-refractivity contribution < 1.29 is 4.74 Å². The quantitative estimate of drug-likeness (QED) is 0.712. The maximum atomic E-state index is 5.91. The molecule has 0 spiro atoms. The molecule has 1 aromatic carbocycles. The largest absolute Gasteiger partial charge is 0.492 e. The van der Waals surface area contributed by atoms with Crippen LogP contribution in [0.15, 0.2) is 24.3 Å². The van der Waals surface area contributed by atoms with E-state index >= 15 is 0 Å². The standard InChI is InChI=1S/C17H29NO/c1-5-6-9-12-18-13-14-19-16-11-8-7-10-15(16)17(2,3)4/h7-8,10-11,18H,5-6,9,12-14H2,1-4H3. The van der Waals surface area contributed by atoms with Gasteiger partial charge in [-0.2, -0.15) is 0 Å². The summed E-state index contributed by atoms with van der Waals surface area (Å²) in [5.74, 6) is 1.02. The molecular formula is C17H29NO. The van der Waals surface area contributed by atoms with Gasteiger partial charge in [-0.15, -0.1) is 0 Å². The molecule has 0 heterocycles. The predicted molar refractivity (Wildman–Crippen MR) is 83.0 cm³/mol. The van der Waals surface area contributed by atoms with E-state index in [1.807, 2.05) is 6.07 Å². The Kier molecular flexibility index (Phi) is 6.93. The van der Waals surface area contributed by atoms with Crippen molar-refractivity contribution in [3.8, 4) is 5.75 Å². The molecule has 0 unspecified atom stereocenters. The highest BCUT2D eigenvalue weighted by Gasteiger charge is 2.17. The highest BCUT2D eigenvalue weighted by molar-refractivity contribution is 5.38. The number of nitrogens with one attached hydrogen (secondary N) is 1. The zero-order valence-corrected chi connectivity index (χ0v) is 13.0. The van der Waals surface area contributed by atoms with Crippen molar-refractivity contribution in [2.75, 3.05) is 19.7 Å². The van der Waals surface area contributed by atoms with Crippen LogP contribution in [0.4, 0.5) is 0 Å². The zero-order chi connectivity index (χ0) is 14.1. The van der Waals surface area contributed by atoms with E-state index in [0.717, 1.165) is 25.4 Å². The lowest BCUT2D eigenvalue weighted by Crippen LogP contribution is -2.23. The second-order valence-electron chi connectivity index (χ2n) is 6.05. The van der Waals surface area contributed by atoms with Gasteiger partial charge in [0.05, 0.1) is 0 Å². The minimum atomic E-state index is 0.130. The molecule has 0 aromatic heterocycles. The number of rotatable bonds is 8. The van der Waals surface area contributed by atoms with E-state index in [1.54, 1.807) is 0 Å². The van der Waals surface area contributed by atoms with Gasteiger partial charge in [-0.25, -0.2) is 0 Å². The van der Waals surface area contributed by atoms with Crippen LogP contribution in [0.25, 0.3) is 0 Å². The van der Waals surface area contributed by atoms with Crippen LogP contribution in [0.3, 0.4) is 0 Å². The van der Waals surface area contributed by atoms with E-state index in [-0.39, 0.29) is 5.41 Å². The van der Waals surface area contributed by atoms with Gasteiger partial charge in [0, 0.05) is 6.54 Å². The molecule has 0 saturated carbocycles. The molecule has 1 N–H and O–H groups in total. The van der Waals surface area contributed by atoms with Crippen molar-refractivity contribution in [3.63, 3.8) is 0 Å². The summed E-state index contributed by atoms with van der Waals surface area (Å²) in [6.45, 7) is 11.6. The first-order valence-electron chi connectivity index (χ1n) is 7.48. The van der Waals surface area contributed by atoms with Gasteiger partial charge >= 0.3 is 0 Å². The molecule has 0 atom stereocenters. The average Bonchev–Trinajstić information content (AvgIpc) is 2.37. The molecule has 1 rings (SSSR count). The van der Waals surface area contributed by atoms with Gasteiger partial charge in [0.15, 0.2) is 0 Å². The van der Waals surface area contributed by atoms with Crippen LogP contribution >= 0.6 is 0 Å². The van der Waals surface area contributed by atoms with Crippen molar-refractivity contribution in [3.05, 3.63) is 29.8 Å². The van der Waals surface area contributed by atoms with E-state index in [1.165, 1.54) is 24.8 Å². The summed E-state index contributed by atoms with van der Waals surface area (Å²) >= 11 is 0. The minimum Gasteiger partial charge on any atom is -0.492 e. The smallest absolute Gasteiger partial charge is 0.123 e. The Morgan fingerprint density at radius 1 is 1.05 bits per heavy atom. The molecule has 2 heteroatoms. The van der Waals surface area contributed by atoms with Gasteiger partial charge in [0.2, 0.25) is 0 Å². The number of hydrogen-bond acceptors (Lipinski definition) is 2. The van der Waals surface area contributed by atoms with Crippen LogP contribution in [-0.4, -0.2) is 19.7 Å². The van der Waals surface area contributed by atoms with E-state index in [4.69, 9.17) is 4.74 Å². The highest BCUT2D eigenvalue weighted by Crippen LogP contribution is 2.30. The topological polar surface area (TPSA) is 21.3 Å². The van der Waals surface area contributed by atoms with Crippen molar-refractivity contribution in [1.82, 2.24) is 5.32 Å². The summed E-state index contributed by atoms with van der Waals surface area (Å²) in [7, 11) is 0. The average molecular weight is 263 g/mol. The van der Waals surface area contributed by atoms with Crippen LogP contribution in [-0.2, 0) is 5.41 Å². The third-order valence-electron chi connectivity index (χ3n) is 3.19. The Morgan fingerprint density at radius 3 is 2.47 bits per heavy atom. The first kappa shape index (κ1) is 16.0. The lowest BCUT2D eigenvalue weighted by molar-refractivity contribution is 0.305. The summed E-state index contributed by atoms with van der Waals surface area (Å²) in [5, 5.41) is 3.42. The monoisotopic (exact) mass is 263 g/mol. The van der Waals surface area contributed by atoms with E-state index in [2.05, 4.69) is 51.2 Å².